The Morgan fingerprint density at radius 3 is 2.59 bits per heavy atom. The molecule has 0 spiro atoms. The van der Waals surface area contributed by atoms with Crippen LogP contribution in [0.2, 0.25) is 5.02 Å². The molecule has 32 heavy (non-hydrogen) atoms. The Bertz CT molecular complexity index is 1330. The Morgan fingerprint density at radius 2 is 1.88 bits per heavy atom. The van der Waals surface area contributed by atoms with Crippen LogP contribution in [0.5, 0.6) is 0 Å². The number of imide groups is 2. The number of halogens is 2. The van der Waals surface area contributed by atoms with Crippen LogP contribution in [0.1, 0.15) is 16.1 Å². The second-order valence-corrected chi connectivity index (χ2v) is 7.05. The second-order valence-electron chi connectivity index (χ2n) is 6.64. The van der Waals surface area contributed by atoms with Crippen LogP contribution in [0, 0.1) is 5.82 Å². The monoisotopic (exact) mass is 454 g/mol. The van der Waals surface area contributed by atoms with Gasteiger partial charge in [-0.1, -0.05) is 17.7 Å². The minimum absolute atomic E-state index is 0.00760. The van der Waals surface area contributed by atoms with E-state index in [0.29, 0.717) is 10.5 Å². The van der Waals surface area contributed by atoms with Crippen molar-refractivity contribution in [2.24, 2.45) is 0 Å². The highest BCUT2D eigenvalue weighted by Crippen LogP contribution is 2.31. The van der Waals surface area contributed by atoms with Gasteiger partial charge in [-0.2, -0.15) is 0 Å². The van der Waals surface area contributed by atoms with Crippen molar-refractivity contribution in [3.63, 3.8) is 0 Å². The summed E-state index contributed by atoms with van der Waals surface area (Å²) in [6, 6.07) is 10.8. The van der Waals surface area contributed by atoms with E-state index in [0.717, 1.165) is 18.2 Å². The van der Waals surface area contributed by atoms with E-state index in [-0.39, 0.29) is 27.8 Å². The number of aromatic carboxylic acids is 1. The molecule has 1 aromatic heterocycles. The summed E-state index contributed by atoms with van der Waals surface area (Å²) in [7, 11) is 0. The molecule has 0 aliphatic carbocycles. The molecule has 2 N–H and O–H groups in total. The summed E-state index contributed by atoms with van der Waals surface area (Å²) in [5.41, 5.74) is -0.178. The van der Waals surface area contributed by atoms with E-state index in [9.17, 15) is 23.6 Å². The molecule has 4 rings (SSSR count). The molecule has 0 atom stereocenters. The smallest absolute Gasteiger partial charge is 0.335 e. The van der Waals surface area contributed by atoms with Gasteiger partial charge in [0.25, 0.3) is 11.8 Å². The third kappa shape index (κ3) is 3.88. The lowest BCUT2D eigenvalue weighted by atomic mass is 10.1. The van der Waals surface area contributed by atoms with Gasteiger partial charge < -0.3 is 9.52 Å². The number of hydrogen-bond donors (Lipinski definition) is 2. The van der Waals surface area contributed by atoms with Crippen LogP contribution in [-0.4, -0.2) is 28.9 Å². The summed E-state index contributed by atoms with van der Waals surface area (Å²) < 4.78 is 19.2. The highest BCUT2D eigenvalue weighted by molar-refractivity contribution is 6.39. The summed E-state index contributed by atoms with van der Waals surface area (Å²) in [5, 5.41) is 11.4. The van der Waals surface area contributed by atoms with Crippen molar-refractivity contribution in [1.82, 2.24) is 5.32 Å². The van der Waals surface area contributed by atoms with Crippen molar-refractivity contribution in [2.45, 2.75) is 0 Å². The Hall–Kier alpha value is -4.24. The molecule has 2 aromatic carbocycles. The number of carboxylic acids is 1. The molecule has 1 aliphatic heterocycles. The van der Waals surface area contributed by atoms with Gasteiger partial charge in [0.15, 0.2) is 0 Å². The van der Waals surface area contributed by atoms with E-state index in [2.05, 4.69) is 0 Å². The van der Waals surface area contributed by atoms with Gasteiger partial charge in [-0.3, -0.25) is 14.9 Å². The zero-order valence-electron chi connectivity index (χ0n) is 16.0. The molecule has 10 heteroatoms. The molecular formula is C22H12ClFN2O6. The molecule has 0 bridgehead atoms. The number of carboxylic acid groups (broad SMARTS) is 1. The minimum Gasteiger partial charge on any atom is -0.478 e. The molecule has 160 valence electrons. The number of urea groups is 1. The topological polar surface area (TPSA) is 117 Å². The fourth-order valence-electron chi connectivity index (χ4n) is 3.07. The number of carbonyl (C=O) groups is 4. The third-order valence-corrected chi connectivity index (χ3v) is 4.89. The van der Waals surface area contributed by atoms with Crippen LogP contribution < -0.4 is 10.2 Å². The number of carbonyl (C=O) groups excluding carboxylic acids is 3. The second kappa shape index (κ2) is 8.12. The first kappa shape index (κ1) is 21.0. The van der Waals surface area contributed by atoms with Gasteiger partial charge in [0.1, 0.15) is 22.9 Å². The maximum Gasteiger partial charge on any atom is 0.335 e. The molecular weight excluding hydrogens is 443 g/mol. The van der Waals surface area contributed by atoms with Crippen LogP contribution in [0.25, 0.3) is 17.4 Å². The number of nitrogens with one attached hydrogen (secondary N) is 1. The summed E-state index contributed by atoms with van der Waals surface area (Å²) in [5.74, 6) is -3.45. The Kier molecular flexibility index (Phi) is 5.33. The van der Waals surface area contributed by atoms with Gasteiger partial charge in [-0.25, -0.2) is 18.9 Å². The SMILES string of the molecule is O=C1NC(=O)N(c2cccc(F)c2)C(=O)/C1=C/c1ccc(-c2cc(C(=O)O)ccc2Cl)o1. The van der Waals surface area contributed by atoms with Crippen molar-refractivity contribution in [3.8, 4) is 11.3 Å². The lowest BCUT2D eigenvalue weighted by Crippen LogP contribution is -2.54. The van der Waals surface area contributed by atoms with Gasteiger partial charge in [0.2, 0.25) is 0 Å². The Balaban J connectivity index is 1.70. The lowest BCUT2D eigenvalue weighted by molar-refractivity contribution is -0.122. The van der Waals surface area contributed by atoms with Crippen molar-refractivity contribution >= 4 is 47.2 Å². The first-order chi connectivity index (χ1) is 15.2. The standard InChI is InChI=1S/C22H12ClFN2O6/c23-17-6-4-11(21(29)30)8-15(17)18-7-5-14(32-18)10-16-19(27)25-22(31)26(20(16)28)13-3-1-2-12(24)9-13/h1-10H,(H,29,30)(H,25,27,31)/b16-10+. The number of benzene rings is 2. The Morgan fingerprint density at radius 1 is 1.09 bits per heavy atom. The largest absolute Gasteiger partial charge is 0.478 e. The quantitative estimate of drug-likeness (QED) is 0.452. The highest BCUT2D eigenvalue weighted by Gasteiger charge is 2.37. The molecule has 4 amide bonds. The molecule has 0 saturated carbocycles. The molecule has 8 nitrogen and oxygen atoms in total. The van der Waals surface area contributed by atoms with E-state index < -0.39 is 35.2 Å². The maximum absolute atomic E-state index is 13.6. The first-order valence-electron chi connectivity index (χ1n) is 9.04. The van der Waals surface area contributed by atoms with Gasteiger partial charge in [0, 0.05) is 5.56 Å². The fraction of sp³-hybridized carbons (Fsp3) is 0. The molecule has 3 aromatic rings. The number of nitrogens with zero attached hydrogens (tertiary/aromatic N) is 1. The van der Waals surface area contributed by atoms with E-state index in [1.54, 1.807) is 0 Å². The highest BCUT2D eigenvalue weighted by atomic mass is 35.5. The number of rotatable bonds is 4. The average molecular weight is 455 g/mol. The maximum atomic E-state index is 13.6. The summed E-state index contributed by atoms with van der Waals surface area (Å²) in [4.78, 5) is 49.1. The summed E-state index contributed by atoms with van der Waals surface area (Å²) in [6.07, 6.45) is 1.12. The molecule has 1 saturated heterocycles. The fourth-order valence-corrected chi connectivity index (χ4v) is 3.28. The van der Waals surface area contributed by atoms with Crippen molar-refractivity contribution in [3.05, 3.63) is 82.3 Å². The predicted octanol–water partition coefficient (Wildman–Crippen LogP) is 4.10. The van der Waals surface area contributed by atoms with E-state index in [4.69, 9.17) is 21.1 Å². The number of hydrogen-bond acceptors (Lipinski definition) is 5. The average Bonchev–Trinajstić information content (AvgIpc) is 3.19. The Labute approximate surface area is 184 Å². The van der Waals surface area contributed by atoms with Crippen LogP contribution in [0.3, 0.4) is 0 Å². The predicted molar refractivity (Wildman–Crippen MR) is 112 cm³/mol. The molecule has 1 aliphatic rings. The molecule has 0 unspecified atom stereocenters. The van der Waals surface area contributed by atoms with Gasteiger partial charge >= 0.3 is 12.0 Å². The zero-order chi connectivity index (χ0) is 23.0. The molecule has 1 fully saturated rings. The third-order valence-electron chi connectivity index (χ3n) is 4.56. The van der Waals surface area contributed by atoms with E-state index in [1.165, 1.54) is 42.5 Å². The van der Waals surface area contributed by atoms with E-state index >= 15 is 0 Å². The molecule has 2 heterocycles. The van der Waals surface area contributed by atoms with Gasteiger partial charge in [-0.15, -0.1) is 0 Å². The lowest BCUT2D eigenvalue weighted by Gasteiger charge is -2.26. The molecule has 0 radical (unpaired) electrons. The van der Waals surface area contributed by atoms with Gasteiger partial charge in [-0.05, 0) is 54.6 Å². The summed E-state index contributed by atoms with van der Waals surface area (Å²) in [6.45, 7) is 0. The van der Waals surface area contributed by atoms with Crippen molar-refractivity contribution in [1.29, 1.82) is 0 Å². The van der Waals surface area contributed by atoms with Crippen LogP contribution in [-0.2, 0) is 9.59 Å². The first-order valence-corrected chi connectivity index (χ1v) is 9.42. The zero-order valence-corrected chi connectivity index (χ0v) is 16.7. The normalized spacial score (nSPS) is 15.2. The van der Waals surface area contributed by atoms with Crippen LogP contribution in [0.15, 0.2) is 64.6 Å². The van der Waals surface area contributed by atoms with Crippen LogP contribution >= 0.6 is 11.6 Å². The summed E-state index contributed by atoms with van der Waals surface area (Å²) >= 11 is 6.14. The van der Waals surface area contributed by atoms with Crippen LogP contribution in [0.4, 0.5) is 14.9 Å². The number of amides is 4. The minimum atomic E-state index is -1.15. The number of furan rings is 1. The van der Waals surface area contributed by atoms with E-state index in [1.807, 2.05) is 5.32 Å². The van der Waals surface area contributed by atoms with Crippen molar-refractivity contribution < 1.29 is 33.1 Å². The van der Waals surface area contributed by atoms with Gasteiger partial charge in [0.05, 0.1) is 16.3 Å². The number of anilines is 1. The van der Waals surface area contributed by atoms with Crippen molar-refractivity contribution in [2.75, 3.05) is 4.90 Å². The number of barbiturate groups is 1.